The topological polar surface area (TPSA) is 68.9 Å². The van der Waals surface area contributed by atoms with Crippen LogP contribution >= 0.6 is 11.8 Å². The standard InChI is InChI=1S/C15H17N3OS.C2H6/c1-3-20-15-17-9-12(14(16)18-15)13(19)11-8-6-4-5-7-10(11)2;1-2/h4,6-9H,3,5H2,1-2H3,(H2,16,17,18);1-2H3. The lowest BCUT2D eigenvalue weighted by molar-refractivity contribution is 0.103. The van der Waals surface area contributed by atoms with Crippen molar-refractivity contribution in [3.8, 4) is 0 Å². The first-order valence-electron chi connectivity index (χ1n) is 7.47. The van der Waals surface area contributed by atoms with Gasteiger partial charge in [0.15, 0.2) is 10.9 Å². The molecule has 2 N–H and O–H groups in total. The number of carbonyl (C=O) groups excluding carboxylic acids is 1. The van der Waals surface area contributed by atoms with Gasteiger partial charge in [-0.25, -0.2) is 9.97 Å². The van der Waals surface area contributed by atoms with E-state index in [2.05, 4.69) is 9.97 Å². The maximum atomic E-state index is 12.5. The molecule has 2 rings (SSSR count). The first-order chi connectivity index (χ1) is 10.6. The number of nitrogens with two attached hydrogens (primary N) is 1. The SMILES string of the molecule is CC.CCSc1ncc(C(=O)C2=CC=CCC=C2C)c(N)n1. The second-order valence-corrected chi connectivity index (χ2v) is 5.58. The van der Waals surface area contributed by atoms with Crippen molar-refractivity contribution in [1.29, 1.82) is 0 Å². The lowest BCUT2D eigenvalue weighted by Gasteiger charge is -2.08. The van der Waals surface area contributed by atoms with E-state index in [1.165, 1.54) is 18.0 Å². The van der Waals surface area contributed by atoms with Crippen LogP contribution in [0, 0.1) is 0 Å². The molecular formula is C17H23N3OS. The van der Waals surface area contributed by atoms with Crippen LogP contribution in [0.3, 0.4) is 0 Å². The molecule has 0 spiro atoms. The summed E-state index contributed by atoms with van der Waals surface area (Å²) < 4.78 is 0. The monoisotopic (exact) mass is 317 g/mol. The van der Waals surface area contributed by atoms with Gasteiger partial charge >= 0.3 is 0 Å². The number of hydrogen-bond acceptors (Lipinski definition) is 5. The van der Waals surface area contributed by atoms with E-state index in [4.69, 9.17) is 5.73 Å². The summed E-state index contributed by atoms with van der Waals surface area (Å²) >= 11 is 1.50. The van der Waals surface area contributed by atoms with Gasteiger partial charge in [-0.05, 0) is 24.7 Å². The Balaban J connectivity index is 0.00000116. The summed E-state index contributed by atoms with van der Waals surface area (Å²) in [6.07, 6.45) is 10.1. The summed E-state index contributed by atoms with van der Waals surface area (Å²) in [6, 6.07) is 0. The molecule has 0 bridgehead atoms. The first kappa shape index (κ1) is 18.2. The molecule has 1 aliphatic rings. The van der Waals surface area contributed by atoms with Gasteiger partial charge in [0.2, 0.25) is 0 Å². The van der Waals surface area contributed by atoms with Crippen LogP contribution in [0.2, 0.25) is 0 Å². The van der Waals surface area contributed by atoms with E-state index in [9.17, 15) is 4.79 Å². The fourth-order valence-electron chi connectivity index (χ4n) is 1.88. The first-order valence-corrected chi connectivity index (χ1v) is 8.46. The molecule has 0 unspecified atom stereocenters. The largest absolute Gasteiger partial charge is 0.383 e. The zero-order valence-corrected chi connectivity index (χ0v) is 14.4. The van der Waals surface area contributed by atoms with E-state index >= 15 is 0 Å². The van der Waals surface area contributed by atoms with Gasteiger partial charge in [0.1, 0.15) is 5.82 Å². The number of Topliss-reactive ketones (excluding diaryl/α,β-unsaturated/α-hetero) is 1. The molecule has 0 aliphatic heterocycles. The van der Waals surface area contributed by atoms with Crippen molar-refractivity contribution in [3.63, 3.8) is 0 Å². The second-order valence-electron chi connectivity index (χ2n) is 4.34. The third-order valence-electron chi connectivity index (χ3n) is 2.94. The molecule has 0 fully saturated rings. The number of carbonyl (C=O) groups is 1. The highest BCUT2D eigenvalue weighted by molar-refractivity contribution is 7.99. The van der Waals surface area contributed by atoms with Gasteiger partial charge in [0, 0.05) is 11.8 Å². The van der Waals surface area contributed by atoms with Gasteiger partial charge in [-0.1, -0.05) is 56.8 Å². The van der Waals surface area contributed by atoms with Gasteiger partial charge in [-0.15, -0.1) is 0 Å². The van der Waals surface area contributed by atoms with E-state index in [1.54, 1.807) is 0 Å². The van der Waals surface area contributed by atoms with E-state index < -0.39 is 0 Å². The molecule has 1 heterocycles. The van der Waals surface area contributed by atoms with Crippen LogP contribution < -0.4 is 5.73 Å². The van der Waals surface area contributed by atoms with Crippen molar-refractivity contribution in [3.05, 3.63) is 47.2 Å². The minimum atomic E-state index is -0.129. The highest BCUT2D eigenvalue weighted by Gasteiger charge is 2.18. The molecule has 5 heteroatoms. The maximum absolute atomic E-state index is 12.5. The van der Waals surface area contributed by atoms with Gasteiger partial charge in [-0.3, -0.25) is 4.79 Å². The zero-order valence-electron chi connectivity index (χ0n) is 13.6. The molecule has 0 aromatic carbocycles. The average Bonchev–Trinajstić information content (AvgIpc) is 2.74. The lowest BCUT2D eigenvalue weighted by atomic mass is 9.98. The van der Waals surface area contributed by atoms with E-state index in [1.807, 2.05) is 52.0 Å². The Bertz CT molecular complexity index is 618. The minimum absolute atomic E-state index is 0.129. The van der Waals surface area contributed by atoms with Crippen molar-refractivity contribution in [2.45, 2.75) is 39.3 Å². The van der Waals surface area contributed by atoms with Crippen LogP contribution in [0.1, 0.15) is 44.5 Å². The van der Waals surface area contributed by atoms with Gasteiger partial charge in [0.05, 0.1) is 5.56 Å². The normalized spacial score (nSPS) is 13.5. The number of ketones is 1. The Kier molecular flexibility index (Phi) is 7.60. The van der Waals surface area contributed by atoms with Gasteiger partial charge in [0.25, 0.3) is 0 Å². The number of nitrogens with zero attached hydrogens (tertiary/aromatic N) is 2. The van der Waals surface area contributed by atoms with E-state index in [-0.39, 0.29) is 11.6 Å². The fourth-order valence-corrected chi connectivity index (χ4v) is 2.43. The molecule has 1 aliphatic carbocycles. The van der Waals surface area contributed by atoms with E-state index in [0.717, 1.165) is 17.7 Å². The van der Waals surface area contributed by atoms with Crippen LogP contribution in [0.15, 0.2) is 46.8 Å². The molecule has 0 saturated heterocycles. The minimum Gasteiger partial charge on any atom is -0.383 e. The van der Waals surface area contributed by atoms with Crippen LogP contribution in [-0.4, -0.2) is 21.5 Å². The Morgan fingerprint density at radius 1 is 1.41 bits per heavy atom. The van der Waals surface area contributed by atoms with Crippen LogP contribution in [0.5, 0.6) is 0 Å². The van der Waals surface area contributed by atoms with E-state index in [0.29, 0.717) is 16.3 Å². The smallest absolute Gasteiger partial charge is 0.198 e. The summed E-state index contributed by atoms with van der Waals surface area (Å²) in [5.74, 6) is 0.976. The van der Waals surface area contributed by atoms with Crippen molar-refractivity contribution in [2.24, 2.45) is 0 Å². The summed E-state index contributed by atoms with van der Waals surface area (Å²) in [5, 5.41) is 0.601. The highest BCUT2D eigenvalue weighted by atomic mass is 32.2. The zero-order chi connectivity index (χ0) is 16.5. The highest BCUT2D eigenvalue weighted by Crippen LogP contribution is 2.23. The van der Waals surface area contributed by atoms with Crippen molar-refractivity contribution >= 4 is 23.4 Å². The van der Waals surface area contributed by atoms with Crippen LogP contribution in [0.25, 0.3) is 0 Å². The molecule has 0 saturated carbocycles. The average molecular weight is 317 g/mol. The molecule has 118 valence electrons. The molecule has 0 amide bonds. The van der Waals surface area contributed by atoms with Crippen molar-refractivity contribution in [1.82, 2.24) is 9.97 Å². The van der Waals surface area contributed by atoms with Crippen LogP contribution in [0.4, 0.5) is 5.82 Å². The number of anilines is 1. The number of allylic oxidation sites excluding steroid dienone is 6. The second kappa shape index (κ2) is 9.20. The number of rotatable bonds is 4. The molecule has 0 radical (unpaired) electrons. The van der Waals surface area contributed by atoms with Crippen molar-refractivity contribution in [2.75, 3.05) is 11.5 Å². The van der Waals surface area contributed by atoms with Crippen LogP contribution in [-0.2, 0) is 0 Å². The predicted octanol–water partition coefficient (Wildman–Crippen LogP) is 4.21. The Morgan fingerprint density at radius 2 is 2.14 bits per heavy atom. The molecular weight excluding hydrogens is 294 g/mol. The molecule has 22 heavy (non-hydrogen) atoms. The quantitative estimate of drug-likeness (QED) is 0.512. The number of aromatic nitrogens is 2. The summed E-state index contributed by atoms with van der Waals surface area (Å²) in [5.41, 5.74) is 7.85. The fraction of sp³-hybridized carbons (Fsp3) is 0.353. The number of thioether (sulfide) groups is 1. The molecule has 1 aromatic rings. The molecule has 4 nitrogen and oxygen atoms in total. The van der Waals surface area contributed by atoms with Gasteiger partial charge < -0.3 is 5.73 Å². The summed E-state index contributed by atoms with van der Waals surface area (Å²) in [7, 11) is 0. The Hall–Kier alpha value is -1.88. The molecule has 1 aromatic heterocycles. The maximum Gasteiger partial charge on any atom is 0.198 e. The van der Waals surface area contributed by atoms with Crippen molar-refractivity contribution < 1.29 is 4.79 Å². The third kappa shape index (κ3) is 4.56. The Labute approximate surface area is 136 Å². The Morgan fingerprint density at radius 3 is 2.77 bits per heavy atom. The molecule has 0 atom stereocenters. The summed E-state index contributed by atoms with van der Waals surface area (Å²) in [6.45, 7) is 7.94. The number of nitrogen functional groups attached to an aromatic ring is 1. The number of hydrogen-bond donors (Lipinski definition) is 1. The van der Waals surface area contributed by atoms with Gasteiger partial charge in [-0.2, -0.15) is 0 Å². The predicted molar refractivity (Wildman–Crippen MR) is 94.1 cm³/mol. The third-order valence-corrected chi connectivity index (χ3v) is 3.69. The lowest BCUT2D eigenvalue weighted by Crippen LogP contribution is -2.10. The summed E-state index contributed by atoms with van der Waals surface area (Å²) in [4.78, 5) is 20.9.